The molecule has 0 radical (unpaired) electrons. The van der Waals surface area contributed by atoms with Crippen LogP contribution in [0.3, 0.4) is 0 Å². The average molecular weight is 491 g/mol. The number of nitrogens with zero attached hydrogens (tertiary/aromatic N) is 1. The van der Waals surface area contributed by atoms with Crippen molar-refractivity contribution in [3.05, 3.63) is 35.4 Å². The summed E-state index contributed by atoms with van der Waals surface area (Å²) in [5.41, 5.74) is -0.167. The molecule has 5 rings (SSSR count). The van der Waals surface area contributed by atoms with Crippen molar-refractivity contribution < 1.29 is 18.0 Å². The molecule has 3 saturated carbocycles. The Morgan fingerprint density at radius 1 is 0.886 bits per heavy atom. The van der Waals surface area contributed by atoms with Crippen molar-refractivity contribution in [2.75, 3.05) is 13.1 Å². The van der Waals surface area contributed by atoms with Gasteiger partial charge in [-0.2, -0.15) is 13.2 Å². The second-order valence-corrected chi connectivity index (χ2v) is 11.8. The normalized spacial score (nSPS) is 29.0. The lowest BCUT2D eigenvalue weighted by molar-refractivity contribution is -0.138. The van der Waals surface area contributed by atoms with Crippen LogP contribution in [0.25, 0.3) is 0 Å². The molecule has 3 atom stereocenters. The zero-order valence-corrected chi connectivity index (χ0v) is 20.9. The minimum absolute atomic E-state index is 0.158. The highest BCUT2D eigenvalue weighted by atomic mass is 19.4. The molecule has 0 bridgehead atoms. The first-order valence-corrected chi connectivity index (χ1v) is 14.1. The van der Waals surface area contributed by atoms with E-state index >= 15 is 0 Å². The summed E-state index contributed by atoms with van der Waals surface area (Å²) >= 11 is 0. The maximum atomic E-state index is 13.8. The number of halogens is 3. The predicted octanol–water partition coefficient (Wildman–Crippen LogP) is 6.81. The molecule has 1 aromatic carbocycles. The van der Waals surface area contributed by atoms with E-state index in [0.717, 1.165) is 25.9 Å². The van der Waals surface area contributed by atoms with Crippen LogP contribution in [0, 0.1) is 29.6 Å². The van der Waals surface area contributed by atoms with Crippen molar-refractivity contribution in [1.82, 2.24) is 10.2 Å². The molecule has 4 fully saturated rings. The fraction of sp³-hybridized carbons (Fsp3) is 0.759. The van der Waals surface area contributed by atoms with Crippen LogP contribution >= 0.6 is 0 Å². The van der Waals surface area contributed by atoms with Gasteiger partial charge in [-0.05, 0) is 73.8 Å². The van der Waals surface area contributed by atoms with Crippen LogP contribution in [-0.4, -0.2) is 29.9 Å². The van der Waals surface area contributed by atoms with Crippen molar-refractivity contribution >= 4 is 5.91 Å². The number of alkyl halides is 3. The van der Waals surface area contributed by atoms with Crippen molar-refractivity contribution in [3.63, 3.8) is 0 Å². The third-order valence-electron chi connectivity index (χ3n) is 9.60. The highest BCUT2D eigenvalue weighted by molar-refractivity contribution is 5.79. The Morgan fingerprint density at radius 2 is 1.51 bits per heavy atom. The van der Waals surface area contributed by atoms with Gasteiger partial charge in [-0.15, -0.1) is 0 Å². The number of benzene rings is 1. The number of amides is 1. The quantitative estimate of drug-likeness (QED) is 0.475. The first-order chi connectivity index (χ1) is 16.9. The van der Waals surface area contributed by atoms with Gasteiger partial charge in [0.1, 0.15) is 0 Å². The summed E-state index contributed by atoms with van der Waals surface area (Å²) in [7, 11) is 0. The highest BCUT2D eigenvalue weighted by Gasteiger charge is 2.45. The number of nitrogens with one attached hydrogen (secondary N) is 1. The first kappa shape index (κ1) is 25.1. The lowest BCUT2D eigenvalue weighted by Crippen LogP contribution is -2.47. The number of carbonyl (C=O) groups excluding carboxylic acids is 1. The molecule has 3 aliphatic carbocycles. The van der Waals surface area contributed by atoms with Gasteiger partial charge in [-0.1, -0.05) is 56.7 Å². The Hall–Kier alpha value is -1.56. The molecule has 0 aromatic heterocycles. The Morgan fingerprint density at radius 3 is 2.14 bits per heavy atom. The Balaban J connectivity index is 1.23. The largest absolute Gasteiger partial charge is 0.416 e. The fourth-order valence-electron chi connectivity index (χ4n) is 7.92. The molecule has 3 nitrogen and oxygen atoms in total. The summed E-state index contributed by atoms with van der Waals surface area (Å²) in [4.78, 5) is 15.9. The maximum Gasteiger partial charge on any atom is 0.416 e. The second kappa shape index (κ2) is 10.8. The van der Waals surface area contributed by atoms with E-state index in [1.165, 1.54) is 76.3 Å². The number of likely N-dealkylation sites (tertiary alicyclic amines) is 1. The van der Waals surface area contributed by atoms with Gasteiger partial charge >= 0.3 is 6.18 Å². The highest BCUT2D eigenvalue weighted by Crippen LogP contribution is 2.43. The van der Waals surface area contributed by atoms with E-state index in [-0.39, 0.29) is 17.9 Å². The predicted molar refractivity (Wildman–Crippen MR) is 132 cm³/mol. The first-order valence-electron chi connectivity index (χ1n) is 14.1. The van der Waals surface area contributed by atoms with Gasteiger partial charge in [0, 0.05) is 31.6 Å². The van der Waals surface area contributed by atoms with E-state index in [1.807, 2.05) is 0 Å². The zero-order chi connectivity index (χ0) is 24.4. The van der Waals surface area contributed by atoms with Crippen LogP contribution in [0.4, 0.5) is 13.2 Å². The van der Waals surface area contributed by atoms with Gasteiger partial charge < -0.3 is 5.32 Å². The summed E-state index contributed by atoms with van der Waals surface area (Å²) < 4.78 is 40.4. The molecule has 1 aromatic rings. The molecule has 1 saturated heterocycles. The lowest BCUT2D eigenvalue weighted by Gasteiger charge is -2.37. The van der Waals surface area contributed by atoms with Crippen molar-refractivity contribution in [2.45, 2.75) is 95.8 Å². The van der Waals surface area contributed by atoms with Gasteiger partial charge in [0.2, 0.25) is 5.91 Å². The number of fused-ring (bicyclic) bond motifs is 1. The molecular weight excluding hydrogens is 449 g/mol. The molecule has 194 valence electrons. The molecule has 6 heteroatoms. The van der Waals surface area contributed by atoms with Crippen molar-refractivity contribution in [2.24, 2.45) is 29.6 Å². The maximum absolute atomic E-state index is 13.8. The molecule has 4 aliphatic rings. The molecule has 1 heterocycles. The van der Waals surface area contributed by atoms with Gasteiger partial charge in [0.15, 0.2) is 0 Å². The summed E-state index contributed by atoms with van der Waals surface area (Å²) in [5.74, 6) is 2.34. The topological polar surface area (TPSA) is 32.3 Å². The minimum Gasteiger partial charge on any atom is -0.353 e. The van der Waals surface area contributed by atoms with Gasteiger partial charge in [0.05, 0.1) is 5.56 Å². The van der Waals surface area contributed by atoms with Crippen LogP contribution in [0.5, 0.6) is 0 Å². The van der Waals surface area contributed by atoms with E-state index in [2.05, 4.69) is 10.2 Å². The van der Waals surface area contributed by atoms with Gasteiger partial charge in [-0.3, -0.25) is 9.69 Å². The standard InChI is InChI=1S/C29H41F3N2O/c30-29(31,32)25-14-8-7-13-23(25)18-34-17-22-15-16-26(24(22)19-34)33-28(35)27(20-9-3-1-4-10-20)21-11-5-2-6-12-21/h7-8,13-14,20-22,24,26-27H,1-6,9-12,15-19H2,(H,33,35)/t22-,24+,26-/m0/s1. The van der Waals surface area contributed by atoms with Crippen LogP contribution in [-0.2, 0) is 17.5 Å². The Bertz CT molecular complexity index is 842. The monoisotopic (exact) mass is 490 g/mol. The SMILES string of the molecule is O=C(N[C@H]1CC[C@H]2CN(Cc3ccccc3C(F)(F)F)C[C@H]21)C(C1CCCCC1)C1CCCCC1. The van der Waals surface area contributed by atoms with Crippen molar-refractivity contribution in [3.8, 4) is 0 Å². The Kier molecular flexibility index (Phi) is 7.76. The summed E-state index contributed by atoms with van der Waals surface area (Å²) in [6.07, 6.45) is 10.1. The number of rotatable bonds is 6. The van der Waals surface area contributed by atoms with Gasteiger partial charge in [-0.25, -0.2) is 0 Å². The molecule has 1 aliphatic heterocycles. The average Bonchev–Trinajstić information content (AvgIpc) is 3.41. The van der Waals surface area contributed by atoms with E-state index in [1.54, 1.807) is 12.1 Å². The van der Waals surface area contributed by atoms with Crippen LogP contribution in [0.2, 0.25) is 0 Å². The van der Waals surface area contributed by atoms with Crippen LogP contribution in [0.1, 0.15) is 88.2 Å². The molecule has 35 heavy (non-hydrogen) atoms. The van der Waals surface area contributed by atoms with Crippen molar-refractivity contribution in [1.29, 1.82) is 0 Å². The third-order valence-corrected chi connectivity index (χ3v) is 9.60. The number of hydrogen-bond donors (Lipinski definition) is 1. The van der Waals surface area contributed by atoms with E-state index < -0.39 is 11.7 Å². The zero-order valence-electron chi connectivity index (χ0n) is 20.9. The summed E-state index contributed by atoms with van der Waals surface area (Å²) in [5, 5.41) is 3.52. The van der Waals surface area contributed by atoms with E-state index in [9.17, 15) is 18.0 Å². The molecule has 0 unspecified atom stereocenters. The third kappa shape index (κ3) is 5.73. The van der Waals surface area contributed by atoms with Gasteiger partial charge in [0.25, 0.3) is 0 Å². The fourth-order valence-corrected chi connectivity index (χ4v) is 7.92. The second-order valence-electron chi connectivity index (χ2n) is 11.8. The Labute approximate surface area is 208 Å². The van der Waals surface area contributed by atoms with Crippen LogP contribution in [0.15, 0.2) is 24.3 Å². The van der Waals surface area contributed by atoms with Crippen LogP contribution < -0.4 is 5.32 Å². The number of hydrogen-bond acceptors (Lipinski definition) is 2. The molecule has 0 spiro atoms. The number of carbonyl (C=O) groups is 1. The lowest BCUT2D eigenvalue weighted by atomic mass is 9.69. The molecule has 1 amide bonds. The van der Waals surface area contributed by atoms with E-state index in [0.29, 0.717) is 35.8 Å². The summed E-state index contributed by atoms with van der Waals surface area (Å²) in [6.45, 7) is 1.94. The minimum atomic E-state index is -4.32. The van der Waals surface area contributed by atoms with E-state index in [4.69, 9.17) is 0 Å². The summed E-state index contributed by atoms with van der Waals surface area (Å²) in [6, 6.07) is 6.12. The molecular formula is C29H41F3N2O. The molecule has 1 N–H and O–H groups in total. The smallest absolute Gasteiger partial charge is 0.353 e.